The Morgan fingerprint density at radius 2 is 2.19 bits per heavy atom. The minimum atomic E-state index is -0.667. The summed E-state index contributed by atoms with van der Waals surface area (Å²) in [7, 11) is 0. The van der Waals surface area contributed by atoms with Gasteiger partial charge in [-0.15, -0.1) is 0 Å². The summed E-state index contributed by atoms with van der Waals surface area (Å²) in [6, 6.07) is 6.92. The van der Waals surface area contributed by atoms with Crippen LogP contribution in [0.5, 0.6) is 0 Å². The highest BCUT2D eigenvalue weighted by molar-refractivity contribution is 5.98. The van der Waals surface area contributed by atoms with Crippen LogP contribution >= 0.6 is 0 Å². The quantitative estimate of drug-likeness (QED) is 0.536. The molecule has 3 aromatic heterocycles. The van der Waals surface area contributed by atoms with Crippen molar-refractivity contribution in [3.8, 4) is 6.07 Å². The highest BCUT2D eigenvalue weighted by Crippen LogP contribution is 2.35. The minimum Gasteiger partial charge on any atom is -0.365 e. The van der Waals surface area contributed by atoms with Crippen molar-refractivity contribution >= 4 is 17.4 Å². The number of pyridine rings is 1. The summed E-state index contributed by atoms with van der Waals surface area (Å²) in [5, 5.41) is 21.0. The third-order valence-corrected chi connectivity index (χ3v) is 5.71. The van der Waals surface area contributed by atoms with E-state index in [1.54, 1.807) is 16.9 Å². The number of halogens is 1. The summed E-state index contributed by atoms with van der Waals surface area (Å²) >= 11 is 0. The molecule has 0 saturated carbocycles. The van der Waals surface area contributed by atoms with Crippen LogP contribution in [0.15, 0.2) is 35.1 Å². The second kappa shape index (κ2) is 8.76. The van der Waals surface area contributed by atoms with Gasteiger partial charge in [0.1, 0.15) is 11.3 Å². The molecule has 166 valence electrons. The number of amides is 1. The van der Waals surface area contributed by atoms with E-state index in [0.717, 1.165) is 24.5 Å². The molecule has 3 aromatic rings. The molecule has 3 N–H and O–H groups in total. The van der Waals surface area contributed by atoms with E-state index in [1.165, 1.54) is 12.3 Å². The number of rotatable bonds is 7. The minimum absolute atomic E-state index is 0.167. The average Bonchev–Trinajstić information content (AvgIpc) is 3.36. The maximum Gasteiger partial charge on any atom is 0.254 e. The van der Waals surface area contributed by atoms with Crippen LogP contribution in [0.1, 0.15) is 41.1 Å². The highest BCUT2D eigenvalue weighted by Gasteiger charge is 2.38. The topological polar surface area (TPSA) is 139 Å². The molecule has 1 aliphatic rings. The van der Waals surface area contributed by atoms with Crippen molar-refractivity contribution in [1.82, 2.24) is 24.8 Å². The van der Waals surface area contributed by atoms with Crippen LogP contribution in [-0.4, -0.2) is 43.8 Å². The van der Waals surface area contributed by atoms with Crippen molar-refractivity contribution in [2.45, 2.75) is 38.3 Å². The zero-order valence-corrected chi connectivity index (χ0v) is 17.6. The number of primary amides is 1. The van der Waals surface area contributed by atoms with Gasteiger partial charge in [0.05, 0.1) is 23.7 Å². The number of carbonyl (C=O) groups excluding carboxylic acids is 1. The van der Waals surface area contributed by atoms with Crippen LogP contribution < -0.4 is 11.1 Å². The van der Waals surface area contributed by atoms with Gasteiger partial charge in [-0.2, -0.15) is 14.8 Å². The van der Waals surface area contributed by atoms with E-state index in [-0.39, 0.29) is 17.8 Å². The molecule has 0 aromatic carbocycles. The number of likely N-dealkylation sites (tertiary alicyclic amines) is 1. The van der Waals surface area contributed by atoms with E-state index in [2.05, 4.69) is 31.5 Å². The van der Waals surface area contributed by atoms with E-state index in [9.17, 15) is 14.4 Å². The molecule has 1 saturated heterocycles. The van der Waals surface area contributed by atoms with Gasteiger partial charge in [0, 0.05) is 49.8 Å². The number of hydrogen-bond acceptors (Lipinski definition) is 8. The maximum atomic E-state index is 13.5. The fourth-order valence-corrected chi connectivity index (χ4v) is 3.99. The van der Waals surface area contributed by atoms with E-state index < -0.39 is 17.4 Å². The Hall–Kier alpha value is -3.78. The number of nitriles is 1. The molecule has 1 aliphatic heterocycles. The van der Waals surface area contributed by atoms with Gasteiger partial charge < -0.3 is 15.6 Å². The molecular formula is C21H23FN8O2. The van der Waals surface area contributed by atoms with Crippen molar-refractivity contribution in [2.75, 3.05) is 18.4 Å². The Morgan fingerprint density at radius 1 is 1.41 bits per heavy atom. The van der Waals surface area contributed by atoms with Gasteiger partial charge >= 0.3 is 0 Å². The van der Waals surface area contributed by atoms with E-state index in [0.29, 0.717) is 25.1 Å². The summed E-state index contributed by atoms with van der Waals surface area (Å²) in [5.41, 5.74) is 6.39. The molecule has 0 bridgehead atoms. The van der Waals surface area contributed by atoms with E-state index in [4.69, 9.17) is 10.3 Å². The van der Waals surface area contributed by atoms with Gasteiger partial charge in [-0.25, -0.2) is 4.98 Å². The first-order valence-corrected chi connectivity index (χ1v) is 10.2. The van der Waals surface area contributed by atoms with Gasteiger partial charge in [0.15, 0.2) is 5.82 Å². The number of aromatic nitrogens is 4. The van der Waals surface area contributed by atoms with Gasteiger partial charge in [0.2, 0.25) is 5.95 Å². The Balaban J connectivity index is 1.57. The van der Waals surface area contributed by atoms with Crippen molar-refractivity contribution in [2.24, 2.45) is 5.73 Å². The summed E-state index contributed by atoms with van der Waals surface area (Å²) in [5.74, 6) is -0.355. The number of aryl methyl sites for hydroxylation is 1. The second-order valence-corrected chi connectivity index (χ2v) is 7.96. The first-order valence-electron chi connectivity index (χ1n) is 10.2. The molecule has 10 nitrogen and oxygen atoms in total. The number of piperidine rings is 1. The molecule has 0 atom stereocenters. The third kappa shape index (κ3) is 4.45. The zero-order valence-electron chi connectivity index (χ0n) is 17.6. The molecule has 4 heterocycles. The molecule has 1 fully saturated rings. The Morgan fingerprint density at radius 3 is 2.81 bits per heavy atom. The molecular weight excluding hydrogens is 415 g/mol. The lowest BCUT2D eigenvalue weighted by Gasteiger charge is -2.40. The summed E-state index contributed by atoms with van der Waals surface area (Å²) in [6.07, 6.45) is 4.41. The zero-order chi connectivity index (χ0) is 22.7. The van der Waals surface area contributed by atoms with Gasteiger partial charge in [-0.1, -0.05) is 5.16 Å². The van der Waals surface area contributed by atoms with Crippen LogP contribution in [0.2, 0.25) is 0 Å². The van der Waals surface area contributed by atoms with Crippen molar-refractivity contribution in [3.63, 3.8) is 0 Å². The summed E-state index contributed by atoms with van der Waals surface area (Å²) in [6.45, 7) is 3.95. The number of anilines is 2. The van der Waals surface area contributed by atoms with Crippen molar-refractivity contribution in [1.29, 1.82) is 5.26 Å². The maximum absolute atomic E-state index is 13.5. The molecule has 32 heavy (non-hydrogen) atoms. The average molecular weight is 438 g/mol. The molecule has 0 spiro atoms. The summed E-state index contributed by atoms with van der Waals surface area (Å²) < 4.78 is 20.3. The van der Waals surface area contributed by atoms with Crippen LogP contribution in [0.4, 0.5) is 15.9 Å². The molecule has 11 heteroatoms. The Kier molecular flexibility index (Phi) is 5.87. The molecule has 4 rings (SSSR count). The largest absolute Gasteiger partial charge is 0.365 e. The number of nitrogens with one attached hydrogen (secondary N) is 1. The predicted octanol–water partition coefficient (Wildman–Crippen LogP) is 2.46. The van der Waals surface area contributed by atoms with Gasteiger partial charge in [0.25, 0.3) is 5.91 Å². The van der Waals surface area contributed by atoms with Gasteiger partial charge in [-0.3, -0.25) is 14.4 Å². The predicted molar refractivity (Wildman–Crippen MR) is 112 cm³/mol. The molecule has 0 unspecified atom stereocenters. The van der Waals surface area contributed by atoms with Crippen LogP contribution in [0.25, 0.3) is 0 Å². The van der Waals surface area contributed by atoms with Crippen molar-refractivity contribution in [3.05, 3.63) is 53.6 Å². The number of hydrogen-bond donors (Lipinski definition) is 2. The number of nitrogens with zero attached hydrogens (tertiary/aromatic N) is 6. The Labute approximate surface area is 183 Å². The van der Waals surface area contributed by atoms with Gasteiger partial charge in [-0.05, 0) is 25.8 Å². The monoisotopic (exact) mass is 438 g/mol. The molecule has 1 amide bonds. The third-order valence-electron chi connectivity index (χ3n) is 5.71. The standard InChI is InChI=1S/C21H23FN8O2/c1-14-10-16(28-32-14)12-29-8-4-21(3-6-23,5-9-29)30-13-17(19(24)31)20(27-30)26-15-2-7-25-18(22)11-15/h2,7,10-11,13H,3-5,8-9,12H2,1H3,(H2,24,31)(H,25,26,27). The van der Waals surface area contributed by atoms with Crippen LogP contribution in [0, 0.1) is 24.2 Å². The lowest BCUT2D eigenvalue weighted by atomic mass is 9.85. The first kappa shape index (κ1) is 21.5. The second-order valence-electron chi connectivity index (χ2n) is 7.96. The lowest BCUT2D eigenvalue weighted by molar-refractivity contribution is 0.0954. The van der Waals surface area contributed by atoms with E-state index in [1.807, 2.05) is 13.0 Å². The normalized spacial score (nSPS) is 15.9. The van der Waals surface area contributed by atoms with Crippen molar-refractivity contribution < 1.29 is 13.7 Å². The fourth-order valence-electron chi connectivity index (χ4n) is 3.99. The van der Waals surface area contributed by atoms with E-state index >= 15 is 0 Å². The number of carbonyl (C=O) groups is 1. The highest BCUT2D eigenvalue weighted by atomic mass is 19.1. The molecule has 0 radical (unpaired) electrons. The van der Waals surface area contributed by atoms with Crippen LogP contribution in [0.3, 0.4) is 0 Å². The molecule has 0 aliphatic carbocycles. The smallest absolute Gasteiger partial charge is 0.254 e. The fraction of sp³-hybridized carbons (Fsp3) is 0.381. The SMILES string of the molecule is Cc1cc(CN2CCC(CC#N)(n3cc(C(N)=O)c(Nc4ccnc(F)c4)n3)CC2)no1. The lowest BCUT2D eigenvalue weighted by Crippen LogP contribution is -2.46. The number of nitrogens with two attached hydrogens (primary N) is 1. The summed E-state index contributed by atoms with van der Waals surface area (Å²) in [4.78, 5) is 17.8. The Bertz CT molecular complexity index is 1160. The first-order chi connectivity index (χ1) is 15.4. The van der Waals surface area contributed by atoms with Crippen LogP contribution in [-0.2, 0) is 12.1 Å².